The number of ether oxygens (including phenoxy) is 3. The Bertz CT molecular complexity index is 1220. The highest BCUT2D eigenvalue weighted by Crippen LogP contribution is 2.34. The largest absolute Gasteiger partial charge is 0.462 e. The molecule has 33 heavy (non-hydrogen) atoms. The fraction of sp³-hybridized carbons (Fsp3) is 0.375. The number of nitrogens with one attached hydrogen (secondary N) is 1. The topological polar surface area (TPSA) is 120 Å². The fourth-order valence-electron chi connectivity index (χ4n) is 3.89. The summed E-state index contributed by atoms with van der Waals surface area (Å²) in [5.41, 5.74) is -0.131. The summed E-state index contributed by atoms with van der Waals surface area (Å²) in [6.45, 7) is 5.49. The van der Waals surface area contributed by atoms with Crippen LogP contribution in [0, 0.1) is 6.92 Å². The van der Waals surface area contributed by atoms with Crippen LogP contribution in [0.4, 0.5) is 5.69 Å². The van der Waals surface area contributed by atoms with Gasteiger partial charge in [-0.3, -0.25) is 9.78 Å². The monoisotopic (exact) mass is 454 g/mol. The third-order valence-corrected chi connectivity index (χ3v) is 5.77. The Kier molecular flexibility index (Phi) is 6.20. The van der Waals surface area contributed by atoms with Gasteiger partial charge in [-0.05, 0) is 51.1 Å². The van der Waals surface area contributed by atoms with Crippen molar-refractivity contribution in [1.82, 2.24) is 4.98 Å². The van der Waals surface area contributed by atoms with E-state index in [0.29, 0.717) is 34.3 Å². The van der Waals surface area contributed by atoms with Gasteiger partial charge in [0.15, 0.2) is 0 Å². The van der Waals surface area contributed by atoms with Crippen LogP contribution in [0.25, 0.3) is 11.0 Å². The molecule has 0 radical (unpaired) electrons. The first-order valence-electron chi connectivity index (χ1n) is 10.5. The molecule has 1 aliphatic rings. The molecule has 1 aliphatic heterocycles. The van der Waals surface area contributed by atoms with Gasteiger partial charge in [-0.25, -0.2) is 4.79 Å². The number of fused-ring (bicyclic) bond motifs is 1. The molecule has 2 N–H and O–H groups in total. The van der Waals surface area contributed by atoms with E-state index in [2.05, 4.69) is 10.3 Å². The van der Waals surface area contributed by atoms with Gasteiger partial charge in [0, 0.05) is 36.9 Å². The molecule has 174 valence electrons. The number of nitrogens with zero attached hydrogens (tertiary/aromatic N) is 1. The van der Waals surface area contributed by atoms with Crippen LogP contribution >= 0.6 is 0 Å². The van der Waals surface area contributed by atoms with Gasteiger partial charge in [-0.15, -0.1) is 0 Å². The molecule has 3 aromatic rings. The van der Waals surface area contributed by atoms with Crippen molar-refractivity contribution in [3.8, 4) is 5.75 Å². The zero-order chi connectivity index (χ0) is 23.8. The standard InChI is InChI=1S/C24H26N2O7/c1-13-18(31-23-17(27)11-19(30-4)24(2,3)33-23)8-7-14-10-16(22(29)32-20(13)14)26-21(28)15-6-5-9-25-12-15/h5-10,12,17,19,23,27H,11H2,1-4H3,(H,26,28). The number of anilines is 1. The summed E-state index contributed by atoms with van der Waals surface area (Å²) in [6, 6.07) is 8.18. The van der Waals surface area contributed by atoms with Crippen molar-refractivity contribution in [3.63, 3.8) is 0 Å². The maximum atomic E-state index is 12.5. The number of aryl methyl sites for hydroxylation is 1. The first-order valence-corrected chi connectivity index (χ1v) is 10.5. The quantitative estimate of drug-likeness (QED) is 0.565. The highest BCUT2D eigenvalue weighted by atomic mass is 16.7. The van der Waals surface area contributed by atoms with Crippen LogP contribution in [0.5, 0.6) is 5.75 Å². The Labute approximate surface area is 190 Å². The lowest BCUT2D eigenvalue weighted by molar-refractivity contribution is -0.271. The van der Waals surface area contributed by atoms with Crippen molar-refractivity contribution < 1.29 is 28.5 Å². The number of pyridine rings is 1. The van der Waals surface area contributed by atoms with Crippen molar-refractivity contribution >= 4 is 22.6 Å². The van der Waals surface area contributed by atoms with Gasteiger partial charge in [0.05, 0.1) is 17.3 Å². The molecule has 4 rings (SSSR count). The second-order valence-corrected chi connectivity index (χ2v) is 8.49. The third kappa shape index (κ3) is 4.61. The number of hydrogen-bond donors (Lipinski definition) is 2. The van der Waals surface area contributed by atoms with Gasteiger partial charge in [-0.2, -0.15) is 0 Å². The molecule has 1 fully saturated rings. The molecule has 0 saturated carbocycles. The zero-order valence-electron chi connectivity index (χ0n) is 18.8. The first kappa shape index (κ1) is 22.9. The Morgan fingerprint density at radius 3 is 2.79 bits per heavy atom. The van der Waals surface area contributed by atoms with Crippen LogP contribution in [0.1, 0.15) is 36.2 Å². The summed E-state index contributed by atoms with van der Waals surface area (Å²) in [5.74, 6) is -0.0552. The van der Waals surface area contributed by atoms with Crippen molar-refractivity contribution in [1.29, 1.82) is 0 Å². The molecule has 3 heterocycles. The maximum Gasteiger partial charge on any atom is 0.360 e. The molecule has 0 aliphatic carbocycles. The van der Waals surface area contributed by atoms with E-state index >= 15 is 0 Å². The zero-order valence-corrected chi connectivity index (χ0v) is 18.8. The smallest absolute Gasteiger partial charge is 0.360 e. The molecule has 3 unspecified atom stereocenters. The highest BCUT2D eigenvalue weighted by Gasteiger charge is 2.44. The second kappa shape index (κ2) is 8.93. The Morgan fingerprint density at radius 1 is 1.30 bits per heavy atom. The van der Waals surface area contributed by atoms with Gasteiger partial charge in [0.1, 0.15) is 23.1 Å². The molecule has 0 spiro atoms. The normalized spacial score (nSPS) is 22.2. The molecule has 1 aromatic carbocycles. The van der Waals surface area contributed by atoms with Crippen molar-refractivity contribution in [2.45, 2.75) is 51.3 Å². The van der Waals surface area contributed by atoms with E-state index in [1.165, 1.54) is 6.20 Å². The van der Waals surface area contributed by atoms with Gasteiger partial charge >= 0.3 is 5.63 Å². The molecule has 0 bridgehead atoms. The predicted octanol–water partition coefficient (Wildman–Crippen LogP) is 3.03. The van der Waals surface area contributed by atoms with E-state index < -0.39 is 29.5 Å². The Morgan fingerprint density at radius 2 is 2.09 bits per heavy atom. The van der Waals surface area contributed by atoms with Gasteiger partial charge in [0.25, 0.3) is 5.91 Å². The SMILES string of the molecule is COC1CC(O)C(Oc2ccc3cc(NC(=O)c4cccnc4)c(=O)oc3c2C)OC1(C)C. The van der Waals surface area contributed by atoms with E-state index in [0.717, 1.165) is 0 Å². The number of rotatable bonds is 5. The lowest BCUT2D eigenvalue weighted by atomic mass is 9.92. The lowest BCUT2D eigenvalue weighted by Gasteiger charge is -2.43. The summed E-state index contributed by atoms with van der Waals surface area (Å²) >= 11 is 0. The van der Waals surface area contributed by atoms with Crippen molar-refractivity contribution in [2.24, 2.45) is 0 Å². The number of aliphatic hydroxyl groups is 1. The van der Waals surface area contributed by atoms with Crippen LogP contribution in [0.15, 0.2) is 51.9 Å². The first-order chi connectivity index (χ1) is 15.7. The average Bonchev–Trinajstić information content (AvgIpc) is 2.79. The Balaban J connectivity index is 1.59. The van der Waals surface area contributed by atoms with Gasteiger partial charge < -0.3 is 29.1 Å². The van der Waals surface area contributed by atoms with E-state index in [-0.39, 0.29) is 11.8 Å². The average molecular weight is 454 g/mol. The number of amides is 1. The van der Waals surface area contributed by atoms with Crippen LogP contribution < -0.4 is 15.7 Å². The minimum Gasteiger partial charge on any atom is -0.462 e. The second-order valence-electron chi connectivity index (χ2n) is 8.49. The molecule has 1 amide bonds. The summed E-state index contributed by atoms with van der Waals surface area (Å²) in [4.78, 5) is 28.8. The molecular weight excluding hydrogens is 428 g/mol. The summed E-state index contributed by atoms with van der Waals surface area (Å²) in [7, 11) is 1.58. The molecule has 9 nitrogen and oxygen atoms in total. The number of benzene rings is 1. The van der Waals surface area contributed by atoms with E-state index in [9.17, 15) is 14.7 Å². The fourth-order valence-corrected chi connectivity index (χ4v) is 3.89. The molecule has 9 heteroatoms. The van der Waals surface area contributed by atoms with Crippen LogP contribution in [-0.2, 0) is 9.47 Å². The van der Waals surface area contributed by atoms with E-state index in [1.807, 2.05) is 13.8 Å². The number of aliphatic hydroxyl groups excluding tert-OH is 1. The van der Waals surface area contributed by atoms with Gasteiger partial charge in [-0.1, -0.05) is 0 Å². The molecular formula is C24H26N2O7. The van der Waals surface area contributed by atoms with Crippen molar-refractivity contribution in [2.75, 3.05) is 12.4 Å². The molecule has 3 atom stereocenters. The Hall–Kier alpha value is -3.27. The van der Waals surface area contributed by atoms with Crippen molar-refractivity contribution in [3.05, 3.63) is 64.3 Å². The number of methoxy groups -OCH3 is 1. The highest BCUT2D eigenvalue weighted by molar-refractivity contribution is 6.04. The van der Waals surface area contributed by atoms with E-state index in [1.54, 1.807) is 50.6 Å². The van der Waals surface area contributed by atoms with Gasteiger partial charge in [0.2, 0.25) is 6.29 Å². The summed E-state index contributed by atoms with van der Waals surface area (Å²) in [5, 5.41) is 13.6. The number of aromatic nitrogens is 1. The predicted molar refractivity (Wildman–Crippen MR) is 120 cm³/mol. The number of carbonyl (C=O) groups is 1. The van der Waals surface area contributed by atoms with Crippen LogP contribution in [-0.4, -0.2) is 47.2 Å². The van der Waals surface area contributed by atoms with Crippen LogP contribution in [0.3, 0.4) is 0 Å². The number of carbonyl (C=O) groups excluding carboxylic acids is 1. The lowest BCUT2D eigenvalue weighted by Crippen LogP contribution is -2.55. The summed E-state index contributed by atoms with van der Waals surface area (Å²) in [6.07, 6.45) is 1.24. The minimum atomic E-state index is -0.910. The number of hydrogen-bond acceptors (Lipinski definition) is 8. The van der Waals surface area contributed by atoms with Crippen LogP contribution in [0.2, 0.25) is 0 Å². The van der Waals surface area contributed by atoms with E-state index in [4.69, 9.17) is 18.6 Å². The molecule has 1 saturated heterocycles. The maximum absolute atomic E-state index is 12.5. The summed E-state index contributed by atoms with van der Waals surface area (Å²) < 4.78 is 22.8. The molecule has 2 aromatic heterocycles. The third-order valence-electron chi connectivity index (χ3n) is 5.77. The minimum absolute atomic E-state index is 0.0165.